The van der Waals surface area contributed by atoms with Crippen LogP contribution < -0.4 is 0 Å². The minimum absolute atomic E-state index is 0.0715. The molecule has 0 aliphatic rings. The van der Waals surface area contributed by atoms with Crippen molar-refractivity contribution in [2.24, 2.45) is 0 Å². The molecule has 0 aromatic carbocycles. The Morgan fingerprint density at radius 3 is 1.35 bits per heavy atom. The van der Waals surface area contributed by atoms with Crippen molar-refractivity contribution < 1.29 is 24.6 Å². The third-order valence-electron chi connectivity index (χ3n) is 3.19. The zero-order valence-corrected chi connectivity index (χ0v) is 12.1. The van der Waals surface area contributed by atoms with E-state index in [9.17, 15) is 14.4 Å². The molecule has 0 radical (unpaired) electrons. The number of unbranched alkanes of at least 4 members (excludes halogenated alkanes) is 6. The van der Waals surface area contributed by atoms with E-state index in [1.54, 1.807) is 0 Å². The number of aliphatic carboxylic acids is 2. The molecular formula is C15H26O5. The van der Waals surface area contributed by atoms with Crippen molar-refractivity contribution in [3.63, 3.8) is 0 Å². The van der Waals surface area contributed by atoms with Crippen molar-refractivity contribution in [3.8, 4) is 0 Å². The first kappa shape index (κ1) is 18.6. The number of rotatable bonds is 14. The Morgan fingerprint density at radius 2 is 0.850 bits per heavy atom. The predicted octanol–water partition coefficient (Wildman–Crippen LogP) is 3.41. The summed E-state index contributed by atoms with van der Waals surface area (Å²) >= 11 is 0. The van der Waals surface area contributed by atoms with Crippen molar-refractivity contribution in [1.82, 2.24) is 0 Å². The first-order valence-electron chi connectivity index (χ1n) is 7.47. The first-order valence-corrected chi connectivity index (χ1v) is 7.47. The van der Waals surface area contributed by atoms with Crippen LogP contribution >= 0.6 is 0 Å². The highest BCUT2D eigenvalue weighted by Crippen LogP contribution is 2.11. The topological polar surface area (TPSA) is 91.7 Å². The lowest BCUT2D eigenvalue weighted by Gasteiger charge is -2.02. The van der Waals surface area contributed by atoms with E-state index < -0.39 is 11.9 Å². The number of carboxylic acid groups (broad SMARTS) is 2. The summed E-state index contributed by atoms with van der Waals surface area (Å²) in [4.78, 5) is 32.0. The first-order chi connectivity index (χ1) is 9.52. The van der Waals surface area contributed by atoms with Crippen LogP contribution in [0.4, 0.5) is 0 Å². The number of carbonyl (C=O) groups is 3. The highest BCUT2D eigenvalue weighted by Gasteiger charge is 2.04. The lowest BCUT2D eigenvalue weighted by atomic mass is 10.0. The number of ketones is 1. The maximum absolute atomic E-state index is 11.4. The quantitative estimate of drug-likeness (QED) is 0.477. The number of Topliss-reactive ketones (excluding diaryl/α,β-unsaturated/α-hetero) is 1. The van der Waals surface area contributed by atoms with Gasteiger partial charge in [-0.1, -0.05) is 32.1 Å². The molecule has 2 N–H and O–H groups in total. The number of hydrogen-bond donors (Lipinski definition) is 2. The molecular weight excluding hydrogens is 260 g/mol. The Kier molecular flexibility index (Phi) is 11.8. The van der Waals surface area contributed by atoms with E-state index in [0.29, 0.717) is 19.3 Å². The van der Waals surface area contributed by atoms with Crippen LogP contribution in [-0.2, 0) is 14.4 Å². The van der Waals surface area contributed by atoms with Crippen LogP contribution in [0.5, 0.6) is 0 Å². The van der Waals surface area contributed by atoms with E-state index in [1.807, 2.05) is 0 Å². The van der Waals surface area contributed by atoms with Crippen molar-refractivity contribution >= 4 is 17.7 Å². The second kappa shape index (κ2) is 12.6. The zero-order valence-electron chi connectivity index (χ0n) is 12.1. The van der Waals surface area contributed by atoms with E-state index in [1.165, 1.54) is 0 Å². The van der Waals surface area contributed by atoms with Gasteiger partial charge < -0.3 is 10.2 Å². The average Bonchev–Trinajstić information content (AvgIpc) is 2.36. The molecule has 5 heteroatoms. The van der Waals surface area contributed by atoms with Gasteiger partial charge in [-0.05, 0) is 19.3 Å². The maximum atomic E-state index is 11.4. The normalized spacial score (nSPS) is 10.4. The molecule has 0 aromatic rings. The SMILES string of the molecule is O=C(O)CCCCCCCCCC(=O)CCCC(=O)O. The lowest BCUT2D eigenvalue weighted by molar-refractivity contribution is -0.138. The molecule has 20 heavy (non-hydrogen) atoms. The van der Waals surface area contributed by atoms with Gasteiger partial charge in [0.1, 0.15) is 5.78 Å². The second-order valence-electron chi connectivity index (χ2n) is 5.15. The van der Waals surface area contributed by atoms with Crippen LogP contribution in [0.2, 0.25) is 0 Å². The van der Waals surface area contributed by atoms with Gasteiger partial charge in [0.15, 0.2) is 0 Å². The zero-order chi connectivity index (χ0) is 15.2. The van der Waals surface area contributed by atoms with E-state index in [4.69, 9.17) is 10.2 Å². The Morgan fingerprint density at radius 1 is 0.500 bits per heavy atom. The number of carboxylic acids is 2. The third kappa shape index (κ3) is 14.7. The van der Waals surface area contributed by atoms with E-state index in [-0.39, 0.29) is 18.6 Å². The van der Waals surface area contributed by atoms with Crippen LogP contribution in [0.1, 0.15) is 77.0 Å². The molecule has 0 aromatic heterocycles. The molecule has 0 heterocycles. The van der Waals surface area contributed by atoms with Crippen LogP contribution in [-0.4, -0.2) is 27.9 Å². The van der Waals surface area contributed by atoms with E-state index in [2.05, 4.69) is 0 Å². The Hall–Kier alpha value is -1.39. The highest BCUT2D eigenvalue weighted by molar-refractivity contribution is 5.78. The molecule has 0 saturated carbocycles. The molecule has 0 unspecified atom stereocenters. The largest absolute Gasteiger partial charge is 0.481 e. The number of carbonyl (C=O) groups excluding carboxylic acids is 1. The van der Waals surface area contributed by atoms with Gasteiger partial charge in [0, 0.05) is 25.7 Å². The van der Waals surface area contributed by atoms with Gasteiger partial charge in [-0.15, -0.1) is 0 Å². The fraction of sp³-hybridized carbons (Fsp3) is 0.800. The van der Waals surface area contributed by atoms with Crippen LogP contribution in [0.3, 0.4) is 0 Å². The van der Waals surface area contributed by atoms with Crippen LogP contribution in [0, 0.1) is 0 Å². The summed E-state index contributed by atoms with van der Waals surface area (Å²) in [5.41, 5.74) is 0. The summed E-state index contributed by atoms with van der Waals surface area (Å²) < 4.78 is 0. The van der Waals surface area contributed by atoms with Gasteiger partial charge in [0.25, 0.3) is 0 Å². The minimum Gasteiger partial charge on any atom is -0.481 e. The van der Waals surface area contributed by atoms with Crippen molar-refractivity contribution in [3.05, 3.63) is 0 Å². The molecule has 0 spiro atoms. The molecule has 5 nitrogen and oxygen atoms in total. The van der Waals surface area contributed by atoms with Gasteiger partial charge in [-0.25, -0.2) is 0 Å². The number of hydrogen-bond acceptors (Lipinski definition) is 3. The van der Waals surface area contributed by atoms with E-state index in [0.717, 1.165) is 44.9 Å². The maximum Gasteiger partial charge on any atom is 0.303 e. The van der Waals surface area contributed by atoms with Gasteiger partial charge in [0.05, 0.1) is 0 Å². The van der Waals surface area contributed by atoms with Crippen molar-refractivity contribution in [1.29, 1.82) is 0 Å². The predicted molar refractivity (Wildman–Crippen MR) is 75.7 cm³/mol. The smallest absolute Gasteiger partial charge is 0.303 e. The summed E-state index contributed by atoms with van der Waals surface area (Å²) in [6, 6.07) is 0. The molecule has 0 atom stereocenters. The van der Waals surface area contributed by atoms with Gasteiger partial charge in [-0.2, -0.15) is 0 Å². The van der Waals surface area contributed by atoms with Gasteiger partial charge >= 0.3 is 11.9 Å². The highest BCUT2D eigenvalue weighted by atomic mass is 16.4. The molecule has 116 valence electrons. The Bertz CT molecular complexity index is 299. The summed E-state index contributed by atoms with van der Waals surface area (Å²) in [7, 11) is 0. The van der Waals surface area contributed by atoms with Crippen LogP contribution in [0.25, 0.3) is 0 Å². The van der Waals surface area contributed by atoms with Crippen LogP contribution in [0.15, 0.2) is 0 Å². The molecule has 0 saturated heterocycles. The second-order valence-corrected chi connectivity index (χ2v) is 5.15. The lowest BCUT2D eigenvalue weighted by Crippen LogP contribution is -2.01. The average molecular weight is 286 g/mol. The van der Waals surface area contributed by atoms with Gasteiger partial charge in [-0.3, -0.25) is 14.4 Å². The minimum atomic E-state index is -0.847. The Balaban J connectivity index is 3.21. The molecule has 0 amide bonds. The monoisotopic (exact) mass is 286 g/mol. The Labute approximate surface area is 120 Å². The van der Waals surface area contributed by atoms with E-state index >= 15 is 0 Å². The molecule has 0 fully saturated rings. The van der Waals surface area contributed by atoms with Crippen molar-refractivity contribution in [2.75, 3.05) is 0 Å². The summed E-state index contributed by atoms with van der Waals surface area (Å²) in [6.45, 7) is 0. The molecule has 0 aliphatic carbocycles. The van der Waals surface area contributed by atoms with Crippen molar-refractivity contribution in [2.45, 2.75) is 77.0 Å². The summed E-state index contributed by atoms with van der Waals surface area (Å²) in [5.74, 6) is -1.42. The molecule has 0 aliphatic heterocycles. The fourth-order valence-corrected chi connectivity index (χ4v) is 2.04. The van der Waals surface area contributed by atoms with Gasteiger partial charge in [0.2, 0.25) is 0 Å². The molecule has 0 bridgehead atoms. The molecule has 0 rings (SSSR count). The fourth-order valence-electron chi connectivity index (χ4n) is 2.04. The summed E-state index contributed by atoms with van der Waals surface area (Å²) in [5, 5.41) is 16.9. The standard InChI is InChI=1S/C15H26O5/c16-13(10-8-12-15(19)20)9-6-4-2-1-3-5-7-11-14(17)18/h1-12H2,(H,17,18)(H,19,20). The third-order valence-corrected chi connectivity index (χ3v) is 3.19. The summed E-state index contributed by atoms with van der Waals surface area (Å²) in [6.07, 6.45) is 8.52.